The Morgan fingerprint density at radius 1 is 1.50 bits per heavy atom. The number of hydrogen-bond donors (Lipinski definition) is 3. The van der Waals surface area contributed by atoms with Gasteiger partial charge in [0, 0.05) is 12.3 Å². The Bertz CT molecular complexity index is 707. The lowest BCUT2D eigenvalue weighted by Gasteiger charge is -2.23. The van der Waals surface area contributed by atoms with E-state index in [1.807, 2.05) is 4.98 Å². The maximum atomic E-state index is 11.7. The average Bonchev–Trinajstić information content (AvgIpc) is 2.71. The number of aliphatic hydroxyl groups excluding tert-OH is 2. The van der Waals surface area contributed by atoms with Crippen LogP contribution in [0, 0.1) is 30.6 Å². The average molecular weight is 276 g/mol. The zero-order chi connectivity index (χ0) is 14.9. The van der Waals surface area contributed by atoms with Crippen LogP contribution in [0.2, 0.25) is 0 Å². The molecule has 4 atom stereocenters. The van der Waals surface area contributed by atoms with Crippen LogP contribution in [0.3, 0.4) is 0 Å². The number of hydrogen-bond acceptors (Lipinski definition) is 5. The molecule has 104 valence electrons. The molecule has 7 nitrogen and oxygen atoms in total. The molecule has 1 fully saturated rings. The second-order valence-electron chi connectivity index (χ2n) is 4.36. The maximum absolute atomic E-state index is 11.7. The summed E-state index contributed by atoms with van der Waals surface area (Å²) in [5, 5.41) is 19.5. The van der Waals surface area contributed by atoms with Gasteiger partial charge in [0.15, 0.2) is 11.8 Å². The molecule has 2 rings (SSSR count). The number of rotatable bonds is 2. The molecule has 1 aromatic rings. The molecule has 3 N–H and O–H groups in total. The van der Waals surface area contributed by atoms with E-state index in [-0.39, 0.29) is 0 Å². The molecule has 0 unspecified atom stereocenters. The van der Waals surface area contributed by atoms with Crippen molar-refractivity contribution in [1.82, 2.24) is 9.55 Å². The summed E-state index contributed by atoms with van der Waals surface area (Å²) in [5.41, 5.74) is -3.01. The lowest BCUT2D eigenvalue weighted by molar-refractivity contribution is -0.0916. The van der Waals surface area contributed by atoms with Gasteiger partial charge in [-0.05, 0) is 0 Å². The van der Waals surface area contributed by atoms with Gasteiger partial charge >= 0.3 is 5.69 Å². The summed E-state index contributed by atoms with van der Waals surface area (Å²) < 4.78 is 6.45. The standard InChI is InChI=1S/C13H12N2O5/c1-3-8-10(18)13(4-2,7-16)20-11(8)15-6-5-9(17)14-12(15)19/h1-2,5-6,8,10-11,16,18H,7H2,(H,14,17,19)/t8-,10-,11+,13+/m0/s1. The molecule has 0 spiro atoms. The predicted octanol–water partition coefficient (Wildman–Crippen LogP) is -1.96. The normalized spacial score (nSPS) is 32.5. The lowest BCUT2D eigenvalue weighted by Crippen LogP contribution is -2.43. The van der Waals surface area contributed by atoms with Gasteiger partial charge in [-0.15, -0.1) is 12.8 Å². The number of terminal acetylenes is 2. The van der Waals surface area contributed by atoms with Crippen LogP contribution in [0.15, 0.2) is 21.9 Å². The van der Waals surface area contributed by atoms with Crippen molar-refractivity contribution < 1.29 is 14.9 Å². The summed E-state index contributed by atoms with van der Waals surface area (Å²) in [5.74, 6) is 3.52. The highest BCUT2D eigenvalue weighted by atomic mass is 16.6. The van der Waals surface area contributed by atoms with Crippen molar-refractivity contribution >= 4 is 0 Å². The first-order valence-corrected chi connectivity index (χ1v) is 5.71. The molecule has 0 aromatic carbocycles. The monoisotopic (exact) mass is 276 g/mol. The number of aliphatic hydroxyl groups is 2. The molecule has 1 aromatic heterocycles. The van der Waals surface area contributed by atoms with E-state index in [2.05, 4.69) is 11.8 Å². The Balaban J connectivity index is 2.53. The second kappa shape index (κ2) is 4.99. The van der Waals surface area contributed by atoms with Crippen molar-refractivity contribution in [2.24, 2.45) is 5.92 Å². The van der Waals surface area contributed by atoms with Gasteiger partial charge in [-0.3, -0.25) is 14.3 Å². The number of H-pyrrole nitrogens is 1. The van der Waals surface area contributed by atoms with Gasteiger partial charge in [0.2, 0.25) is 0 Å². The van der Waals surface area contributed by atoms with Gasteiger partial charge in [0.1, 0.15) is 6.10 Å². The topological polar surface area (TPSA) is 105 Å². The molecule has 0 bridgehead atoms. The minimum absolute atomic E-state index is 0.576. The molecule has 1 saturated heterocycles. The van der Waals surface area contributed by atoms with E-state index < -0.39 is 41.7 Å². The first kappa shape index (κ1) is 14.1. The lowest BCUT2D eigenvalue weighted by atomic mass is 9.91. The third kappa shape index (κ3) is 1.95. The molecule has 20 heavy (non-hydrogen) atoms. The molecule has 0 saturated carbocycles. The molecule has 1 aliphatic heterocycles. The van der Waals surface area contributed by atoms with Crippen molar-refractivity contribution in [2.75, 3.05) is 6.61 Å². The van der Waals surface area contributed by atoms with Gasteiger partial charge in [-0.25, -0.2) is 4.79 Å². The quantitative estimate of drug-likeness (QED) is 0.544. The Morgan fingerprint density at radius 2 is 2.20 bits per heavy atom. The molecule has 0 radical (unpaired) electrons. The van der Waals surface area contributed by atoms with Crippen LogP contribution in [0.5, 0.6) is 0 Å². The van der Waals surface area contributed by atoms with E-state index in [9.17, 15) is 19.8 Å². The predicted molar refractivity (Wildman–Crippen MR) is 68.4 cm³/mol. The SMILES string of the molecule is C#C[C@@H]1[C@H](n2ccc(=O)[nH]c2=O)O[C@](C#C)(CO)[C@H]1O. The number of ether oxygens (including phenoxy) is 1. The summed E-state index contributed by atoms with van der Waals surface area (Å²) in [6.45, 7) is -0.655. The van der Waals surface area contributed by atoms with Crippen molar-refractivity contribution in [2.45, 2.75) is 17.9 Å². The molecule has 2 heterocycles. The first-order valence-electron chi connectivity index (χ1n) is 5.71. The maximum Gasteiger partial charge on any atom is 0.330 e. The fraction of sp³-hybridized carbons (Fsp3) is 0.385. The minimum Gasteiger partial charge on any atom is -0.392 e. The van der Waals surface area contributed by atoms with E-state index in [1.165, 1.54) is 6.20 Å². The van der Waals surface area contributed by atoms with E-state index in [4.69, 9.17) is 17.6 Å². The fourth-order valence-corrected chi connectivity index (χ4v) is 2.13. The number of nitrogens with zero attached hydrogens (tertiary/aromatic N) is 1. The molecule has 0 aliphatic carbocycles. The van der Waals surface area contributed by atoms with Crippen molar-refractivity contribution in [1.29, 1.82) is 0 Å². The Hall–Kier alpha value is -2.32. The largest absolute Gasteiger partial charge is 0.392 e. The molecule has 7 heteroatoms. The third-order valence-corrected chi connectivity index (χ3v) is 3.25. The fourth-order valence-electron chi connectivity index (χ4n) is 2.13. The summed E-state index contributed by atoms with van der Waals surface area (Å²) in [6, 6.07) is 1.11. The first-order chi connectivity index (χ1) is 9.49. The van der Waals surface area contributed by atoms with Crippen LogP contribution in [-0.2, 0) is 4.74 Å². The van der Waals surface area contributed by atoms with E-state index >= 15 is 0 Å². The van der Waals surface area contributed by atoms with Gasteiger partial charge in [-0.2, -0.15) is 0 Å². The van der Waals surface area contributed by atoms with Gasteiger partial charge in [-0.1, -0.05) is 11.8 Å². The molecule has 0 amide bonds. The van der Waals surface area contributed by atoms with Crippen LogP contribution in [-0.4, -0.2) is 38.1 Å². The van der Waals surface area contributed by atoms with E-state index in [1.54, 1.807) is 0 Å². The van der Waals surface area contributed by atoms with Crippen LogP contribution < -0.4 is 11.2 Å². The molecule has 1 aliphatic rings. The summed E-state index contributed by atoms with van der Waals surface area (Å²) in [4.78, 5) is 24.8. The summed E-state index contributed by atoms with van der Waals surface area (Å²) >= 11 is 0. The number of aromatic amines is 1. The highest BCUT2D eigenvalue weighted by Crippen LogP contribution is 2.40. The third-order valence-electron chi connectivity index (χ3n) is 3.25. The van der Waals surface area contributed by atoms with Gasteiger partial charge in [0.05, 0.1) is 12.5 Å². The Labute approximate surface area is 113 Å². The van der Waals surface area contributed by atoms with Gasteiger partial charge in [0.25, 0.3) is 5.56 Å². The molecular weight excluding hydrogens is 264 g/mol. The number of aromatic nitrogens is 2. The van der Waals surface area contributed by atoms with Crippen molar-refractivity contribution in [3.63, 3.8) is 0 Å². The Morgan fingerprint density at radius 3 is 2.70 bits per heavy atom. The van der Waals surface area contributed by atoms with Crippen LogP contribution in [0.25, 0.3) is 0 Å². The van der Waals surface area contributed by atoms with E-state index in [0.717, 1.165) is 10.6 Å². The second-order valence-corrected chi connectivity index (χ2v) is 4.36. The van der Waals surface area contributed by atoms with Crippen LogP contribution in [0.1, 0.15) is 6.23 Å². The smallest absolute Gasteiger partial charge is 0.330 e. The van der Waals surface area contributed by atoms with Crippen molar-refractivity contribution in [3.8, 4) is 24.7 Å². The van der Waals surface area contributed by atoms with Crippen LogP contribution in [0.4, 0.5) is 0 Å². The summed E-state index contributed by atoms with van der Waals surface area (Å²) in [7, 11) is 0. The zero-order valence-corrected chi connectivity index (χ0v) is 10.3. The number of nitrogens with one attached hydrogen (secondary N) is 1. The summed E-state index contributed by atoms with van der Waals surface area (Å²) in [6.07, 6.45) is 9.38. The highest BCUT2D eigenvalue weighted by molar-refractivity contribution is 5.22. The van der Waals surface area contributed by atoms with Crippen LogP contribution >= 0.6 is 0 Å². The zero-order valence-electron chi connectivity index (χ0n) is 10.3. The van der Waals surface area contributed by atoms with E-state index in [0.29, 0.717) is 0 Å². The minimum atomic E-state index is -1.68. The highest BCUT2D eigenvalue weighted by Gasteiger charge is 2.54. The van der Waals surface area contributed by atoms with Gasteiger partial charge < -0.3 is 14.9 Å². The van der Waals surface area contributed by atoms with Crippen molar-refractivity contribution in [3.05, 3.63) is 33.1 Å². The Kier molecular flexibility index (Phi) is 3.51. The molecular formula is C13H12N2O5.